The van der Waals surface area contributed by atoms with Crippen LogP contribution in [0.4, 0.5) is 8.78 Å². The summed E-state index contributed by atoms with van der Waals surface area (Å²) in [5.74, 6) is 0.595. The molecular weight excluding hydrogens is 224 g/mol. The predicted molar refractivity (Wildman–Crippen MR) is 66.5 cm³/mol. The molecule has 1 fully saturated rings. The fourth-order valence-electron chi connectivity index (χ4n) is 1.95. The molecule has 0 aromatic heterocycles. The second-order valence-corrected chi connectivity index (χ2v) is 5.61. The summed E-state index contributed by atoms with van der Waals surface area (Å²) in [5.41, 5.74) is 0.115. The first-order valence-corrected chi connectivity index (χ1v) is 6.06. The van der Waals surface area contributed by atoms with E-state index in [9.17, 15) is 8.78 Å². The molecule has 0 saturated carbocycles. The van der Waals surface area contributed by atoms with Crippen molar-refractivity contribution in [2.75, 3.05) is 19.6 Å². The second-order valence-electron chi connectivity index (χ2n) is 5.61. The van der Waals surface area contributed by atoms with Gasteiger partial charge in [-0.3, -0.25) is 0 Å². The summed E-state index contributed by atoms with van der Waals surface area (Å²) in [4.78, 5) is 6.05. The number of alkyl halides is 2. The smallest absolute Gasteiger partial charge is 0.257 e. The lowest BCUT2D eigenvalue weighted by atomic mass is 9.65. The Morgan fingerprint density at radius 3 is 2.29 bits per heavy atom. The van der Waals surface area contributed by atoms with Crippen molar-refractivity contribution in [2.45, 2.75) is 46.6 Å². The van der Waals surface area contributed by atoms with Crippen LogP contribution < -0.4 is 5.32 Å². The molecule has 0 radical (unpaired) electrons. The molecule has 0 aromatic carbocycles. The summed E-state index contributed by atoms with van der Waals surface area (Å²) in [7, 11) is 0. The van der Waals surface area contributed by atoms with Crippen LogP contribution in [0.2, 0.25) is 0 Å². The van der Waals surface area contributed by atoms with E-state index in [-0.39, 0.29) is 11.0 Å². The summed E-state index contributed by atoms with van der Waals surface area (Å²) in [6.07, 6.45) is -2.39. The molecule has 0 amide bonds. The Kier molecular flexibility index (Phi) is 3.99. The molecule has 0 atom stereocenters. The predicted octanol–water partition coefficient (Wildman–Crippen LogP) is 2.34. The van der Waals surface area contributed by atoms with Crippen LogP contribution in [0.15, 0.2) is 4.99 Å². The average Bonchev–Trinajstić information content (AvgIpc) is 2.21. The normalized spacial score (nSPS) is 22.6. The Morgan fingerprint density at radius 2 is 1.94 bits per heavy atom. The van der Waals surface area contributed by atoms with E-state index in [0.717, 1.165) is 6.54 Å². The van der Waals surface area contributed by atoms with Crippen LogP contribution in [0.5, 0.6) is 0 Å². The summed E-state index contributed by atoms with van der Waals surface area (Å²) in [6.45, 7) is 11.6. The van der Waals surface area contributed by atoms with E-state index in [1.165, 1.54) is 0 Å². The van der Waals surface area contributed by atoms with Gasteiger partial charge in [-0.05, 0) is 20.8 Å². The minimum Gasteiger partial charge on any atom is -0.356 e. The van der Waals surface area contributed by atoms with Gasteiger partial charge in [-0.2, -0.15) is 0 Å². The van der Waals surface area contributed by atoms with E-state index in [1.807, 2.05) is 6.92 Å². The summed E-state index contributed by atoms with van der Waals surface area (Å²) < 4.78 is 24.4. The van der Waals surface area contributed by atoms with Crippen LogP contribution in [-0.2, 0) is 0 Å². The SMILES string of the molecule is CCNC(=NCC(F)F)N1CC(C)(C)C1(C)C. The Hall–Kier alpha value is -0.870. The first-order chi connectivity index (χ1) is 7.72. The standard InChI is InChI=1S/C12H23F2N3/c1-6-15-10(16-7-9(13)14)17-8-11(2,3)12(17,4)5/h9H,6-8H2,1-5H3,(H,15,16). The quantitative estimate of drug-likeness (QED) is 0.612. The lowest BCUT2D eigenvalue weighted by Crippen LogP contribution is -2.72. The molecular formula is C12H23F2N3. The van der Waals surface area contributed by atoms with Gasteiger partial charge in [0.2, 0.25) is 0 Å². The maximum absolute atomic E-state index is 12.2. The summed E-state index contributed by atoms with van der Waals surface area (Å²) in [6, 6.07) is 0. The molecule has 100 valence electrons. The van der Waals surface area contributed by atoms with E-state index in [0.29, 0.717) is 12.5 Å². The lowest BCUT2D eigenvalue weighted by molar-refractivity contribution is -0.0669. The van der Waals surface area contributed by atoms with E-state index in [4.69, 9.17) is 0 Å². The molecule has 5 heteroatoms. The van der Waals surface area contributed by atoms with E-state index >= 15 is 0 Å². The minimum absolute atomic E-state index is 0.0594. The molecule has 1 heterocycles. The van der Waals surface area contributed by atoms with Gasteiger partial charge >= 0.3 is 0 Å². The maximum atomic E-state index is 12.2. The van der Waals surface area contributed by atoms with Gasteiger partial charge in [0.25, 0.3) is 6.43 Å². The fraction of sp³-hybridized carbons (Fsp3) is 0.917. The highest BCUT2D eigenvalue weighted by Gasteiger charge is 2.53. The average molecular weight is 247 g/mol. The highest BCUT2D eigenvalue weighted by molar-refractivity contribution is 5.82. The molecule has 1 aliphatic heterocycles. The van der Waals surface area contributed by atoms with Crippen LogP contribution >= 0.6 is 0 Å². The lowest BCUT2D eigenvalue weighted by Gasteiger charge is -2.62. The van der Waals surface area contributed by atoms with Gasteiger partial charge in [-0.25, -0.2) is 13.8 Å². The van der Waals surface area contributed by atoms with Crippen molar-refractivity contribution in [1.29, 1.82) is 0 Å². The Bertz CT molecular complexity index is 298. The van der Waals surface area contributed by atoms with E-state index in [1.54, 1.807) is 0 Å². The van der Waals surface area contributed by atoms with Gasteiger partial charge < -0.3 is 10.2 Å². The van der Waals surface area contributed by atoms with Gasteiger partial charge in [-0.1, -0.05) is 13.8 Å². The monoisotopic (exact) mass is 247 g/mol. The maximum Gasteiger partial charge on any atom is 0.257 e. The van der Waals surface area contributed by atoms with Gasteiger partial charge in [0.15, 0.2) is 5.96 Å². The van der Waals surface area contributed by atoms with E-state index < -0.39 is 13.0 Å². The number of guanidine groups is 1. The number of aliphatic imine (C=N–C) groups is 1. The molecule has 3 nitrogen and oxygen atoms in total. The Labute approximate surface area is 102 Å². The third-order valence-corrected chi connectivity index (χ3v) is 3.85. The zero-order chi connectivity index (χ0) is 13.3. The number of nitrogens with one attached hydrogen (secondary N) is 1. The van der Waals surface area contributed by atoms with Gasteiger partial charge in [0.05, 0.1) is 0 Å². The van der Waals surface area contributed by atoms with Gasteiger partial charge in [-0.15, -0.1) is 0 Å². The van der Waals surface area contributed by atoms with Crippen molar-refractivity contribution in [2.24, 2.45) is 10.4 Å². The van der Waals surface area contributed by atoms with Crippen LogP contribution in [0.25, 0.3) is 0 Å². The van der Waals surface area contributed by atoms with Crippen molar-refractivity contribution in [3.63, 3.8) is 0 Å². The fourth-order valence-corrected chi connectivity index (χ4v) is 1.95. The van der Waals surface area contributed by atoms with Crippen LogP contribution in [-0.4, -0.2) is 42.5 Å². The van der Waals surface area contributed by atoms with Crippen molar-refractivity contribution < 1.29 is 8.78 Å². The number of hydrogen-bond acceptors (Lipinski definition) is 1. The highest BCUT2D eigenvalue weighted by Crippen LogP contribution is 2.46. The van der Waals surface area contributed by atoms with Crippen molar-refractivity contribution in [1.82, 2.24) is 10.2 Å². The molecule has 1 aliphatic rings. The van der Waals surface area contributed by atoms with Gasteiger partial charge in [0, 0.05) is 24.0 Å². The molecule has 0 aromatic rings. The molecule has 0 bridgehead atoms. The Morgan fingerprint density at radius 1 is 1.35 bits per heavy atom. The highest BCUT2D eigenvalue weighted by atomic mass is 19.3. The summed E-state index contributed by atoms with van der Waals surface area (Å²) in [5, 5.41) is 3.08. The summed E-state index contributed by atoms with van der Waals surface area (Å²) >= 11 is 0. The van der Waals surface area contributed by atoms with E-state index in [2.05, 4.69) is 42.9 Å². The number of hydrogen-bond donors (Lipinski definition) is 1. The first-order valence-electron chi connectivity index (χ1n) is 6.06. The minimum atomic E-state index is -2.39. The Balaban J connectivity index is 2.77. The number of nitrogens with zero attached hydrogens (tertiary/aromatic N) is 2. The van der Waals surface area contributed by atoms with Crippen molar-refractivity contribution in [3.8, 4) is 0 Å². The number of rotatable bonds is 3. The molecule has 1 N–H and O–H groups in total. The zero-order valence-corrected chi connectivity index (χ0v) is 11.3. The van der Waals surface area contributed by atoms with Crippen molar-refractivity contribution in [3.05, 3.63) is 0 Å². The first kappa shape index (κ1) is 14.2. The van der Waals surface area contributed by atoms with Crippen LogP contribution in [0, 0.1) is 5.41 Å². The number of likely N-dealkylation sites (tertiary alicyclic amines) is 1. The largest absolute Gasteiger partial charge is 0.356 e. The van der Waals surface area contributed by atoms with Crippen LogP contribution in [0.1, 0.15) is 34.6 Å². The third-order valence-electron chi connectivity index (χ3n) is 3.85. The molecule has 0 aliphatic carbocycles. The molecule has 0 unspecified atom stereocenters. The third kappa shape index (κ3) is 2.69. The molecule has 17 heavy (non-hydrogen) atoms. The molecule has 0 spiro atoms. The second kappa shape index (κ2) is 4.78. The molecule has 1 saturated heterocycles. The molecule has 1 rings (SSSR count). The van der Waals surface area contributed by atoms with Crippen molar-refractivity contribution >= 4 is 5.96 Å². The van der Waals surface area contributed by atoms with Gasteiger partial charge in [0.1, 0.15) is 6.54 Å². The zero-order valence-electron chi connectivity index (χ0n) is 11.3. The van der Waals surface area contributed by atoms with Crippen LogP contribution in [0.3, 0.4) is 0 Å². The topological polar surface area (TPSA) is 27.6 Å². The number of halogens is 2.